The largest absolute Gasteiger partial charge is 0.309 e. The molecule has 2 rings (SSSR count). The summed E-state index contributed by atoms with van der Waals surface area (Å²) in [6.07, 6.45) is 2.25. The molecule has 1 fully saturated rings. The van der Waals surface area contributed by atoms with Crippen molar-refractivity contribution in [2.45, 2.75) is 51.7 Å². The quantitative estimate of drug-likeness (QED) is 0.891. The van der Waals surface area contributed by atoms with Crippen LogP contribution in [0.25, 0.3) is 0 Å². The summed E-state index contributed by atoms with van der Waals surface area (Å²) in [5, 5.41) is 3.67. The van der Waals surface area contributed by atoms with Gasteiger partial charge in [0.25, 0.3) is 0 Å². The van der Waals surface area contributed by atoms with Crippen LogP contribution in [0.2, 0.25) is 0 Å². The molecule has 1 aliphatic rings. The van der Waals surface area contributed by atoms with Gasteiger partial charge < -0.3 is 5.32 Å². The summed E-state index contributed by atoms with van der Waals surface area (Å²) in [5.41, 5.74) is 1.34. The molecule has 20 heavy (non-hydrogen) atoms. The van der Waals surface area contributed by atoms with Crippen LogP contribution in [0.5, 0.6) is 0 Å². The highest BCUT2D eigenvalue weighted by molar-refractivity contribution is 9.10. The van der Waals surface area contributed by atoms with Crippen LogP contribution in [0, 0.1) is 5.82 Å². The van der Waals surface area contributed by atoms with Crippen molar-refractivity contribution in [1.29, 1.82) is 0 Å². The average molecular weight is 343 g/mol. The van der Waals surface area contributed by atoms with Gasteiger partial charge in [0.1, 0.15) is 5.82 Å². The fourth-order valence-corrected chi connectivity index (χ4v) is 3.30. The standard InChI is InChI=1S/C16H24BrFN2/c1-4-14-9-19-16(3,5-2)11-20(14)10-12-6-7-13(18)8-15(12)17/h6-8,14,19H,4-5,9-11H2,1-3H3. The number of nitrogens with one attached hydrogen (secondary N) is 1. The van der Waals surface area contributed by atoms with Crippen molar-refractivity contribution in [3.8, 4) is 0 Å². The molecule has 2 unspecified atom stereocenters. The number of hydrogen-bond donors (Lipinski definition) is 1. The third-order valence-corrected chi connectivity index (χ3v) is 5.21. The highest BCUT2D eigenvalue weighted by Gasteiger charge is 2.33. The first-order chi connectivity index (χ1) is 9.47. The van der Waals surface area contributed by atoms with Crippen molar-refractivity contribution in [2.75, 3.05) is 13.1 Å². The smallest absolute Gasteiger partial charge is 0.124 e. The second-order valence-corrected chi connectivity index (χ2v) is 6.85. The van der Waals surface area contributed by atoms with Gasteiger partial charge in [-0.05, 0) is 37.5 Å². The number of halogens is 2. The minimum Gasteiger partial charge on any atom is -0.309 e. The Labute approximate surface area is 129 Å². The van der Waals surface area contributed by atoms with Crippen molar-refractivity contribution in [3.05, 3.63) is 34.1 Å². The lowest BCUT2D eigenvalue weighted by Crippen LogP contribution is -2.62. The number of rotatable bonds is 4. The van der Waals surface area contributed by atoms with Gasteiger partial charge in [-0.1, -0.05) is 35.8 Å². The molecular weight excluding hydrogens is 319 g/mol. The molecule has 1 aromatic carbocycles. The molecule has 1 saturated heterocycles. The Hall–Kier alpha value is -0.450. The minimum absolute atomic E-state index is 0.179. The van der Waals surface area contributed by atoms with Gasteiger partial charge in [-0.15, -0.1) is 0 Å². The van der Waals surface area contributed by atoms with Gasteiger partial charge in [0.2, 0.25) is 0 Å². The van der Waals surface area contributed by atoms with Crippen LogP contribution in [0.1, 0.15) is 39.2 Å². The van der Waals surface area contributed by atoms with Crippen LogP contribution in [0.15, 0.2) is 22.7 Å². The lowest BCUT2D eigenvalue weighted by molar-refractivity contribution is 0.0753. The molecule has 0 bridgehead atoms. The van der Waals surface area contributed by atoms with E-state index in [1.54, 1.807) is 12.1 Å². The lowest BCUT2D eigenvalue weighted by atomic mass is 9.92. The van der Waals surface area contributed by atoms with Gasteiger partial charge >= 0.3 is 0 Å². The molecule has 0 spiro atoms. The van der Waals surface area contributed by atoms with Gasteiger partial charge in [0, 0.05) is 35.7 Å². The maximum absolute atomic E-state index is 13.2. The molecule has 0 amide bonds. The minimum atomic E-state index is -0.189. The van der Waals surface area contributed by atoms with E-state index >= 15 is 0 Å². The first-order valence-corrected chi connectivity index (χ1v) is 8.19. The van der Waals surface area contributed by atoms with Crippen LogP contribution in [0.4, 0.5) is 4.39 Å². The Bertz CT molecular complexity index is 466. The van der Waals surface area contributed by atoms with Crippen LogP contribution >= 0.6 is 15.9 Å². The number of nitrogens with zero attached hydrogens (tertiary/aromatic N) is 1. The van der Waals surface area contributed by atoms with E-state index in [1.165, 1.54) is 0 Å². The Kier molecular flexibility index (Phi) is 5.21. The molecular formula is C16H24BrFN2. The second kappa shape index (κ2) is 6.54. The predicted octanol–water partition coefficient (Wildman–Crippen LogP) is 3.94. The fourth-order valence-electron chi connectivity index (χ4n) is 2.82. The molecule has 0 aromatic heterocycles. The molecule has 1 aromatic rings. The summed E-state index contributed by atoms with van der Waals surface area (Å²) in [6, 6.07) is 5.53. The van der Waals surface area contributed by atoms with E-state index in [0.29, 0.717) is 6.04 Å². The Balaban J connectivity index is 2.15. The van der Waals surface area contributed by atoms with E-state index in [2.05, 4.69) is 46.9 Å². The normalized spacial score (nSPS) is 27.8. The zero-order chi connectivity index (χ0) is 14.8. The molecule has 0 saturated carbocycles. The van der Waals surface area contributed by atoms with Crippen LogP contribution in [0.3, 0.4) is 0 Å². The molecule has 4 heteroatoms. The molecule has 2 atom stereocenters. The van der Waals surface area contributed by atoms with Crippen LogP contribution < -0.4 is 5.32 Å². The summed E-state index contributed by atoms with van der Waals surface area (Å²) >= 11 is 3.48. The van der Waals surface area contributed by atoms with Crippen molar-refractivity contribution >= 4 is 15.9 Å². The topological polar surface area (TPSA) is 15.3 Å². The van der Waals surface area contributed by atoms with Gasteiger partial charge in [-0.2, -0.15) is 0 Å². The molecule has 2 nitrogen and oxygen atoms in total. The zero-order valence-corrected chi connectivity index (χ0v) is 14.1. The first-order valence-electron chi connectivity index (χ1n) is 7.40. The van der Waals surface area contributed by atoms with Gasteiger partial charge in [0.05, 0.1) is 0 Å². The van der Waals surface area contributed by atoms with E-state index in [0.717, 1.165) is 42.5 Å². The number of hydrogen-bond acceptors (Lipinski definition) is 2. The van der Waals surface area contributed by atoms with Crippen molar-refractivity contribution in [1.82, 2.24) is 10.2 Å². The van der Waals surface area contributed by atoms with Gasteiger partial charge in [-0.25, -0.2) is 4.39 Å². The SMILES string of the molecule is CCC1CNC(C)(CC)CN1Cc1ccc(F)cc1Br. The van der Waals surface area contributed by atoms with E-state index < -0.39 is 0 Å². The molecule has 1 aliphatic heterocycles. The Morgan fingerprint density at radius 1 is 1.45 bits per heavy atom. The third-order valence-electron chi connectivity index (χ3n) is 4.47. The summed E-state index contributed by atoms with van der Waals surface area (Å²) < 4.78 is 14.1. The molecule has 0 aliphatic carbocycles. The monoisotopic (exact) mass is 342 g/mol. The van der Waals surface area contributed by atoms with Crippen molar-refractivity contribution < 1.29 is 4.39 Å². The maximum atomic E-state index is 13.2. The molecule has 112 valence electrons. The van der Waals surface area contributed by atoms with Crippen molar-refractivity contribution in [3.63, 3.8) is 0 Å². The lowest BCUT2D eigenvalue weighted by Gasteiger charge is -2.46. The zero-order valence-electron chi connectivity index (χ0n) is 12.5. The maximum Gasteiger partial charge on any atom is 0.124 e. The van der Waals surface area contributed by atoms with Crippen LogP contribution in [-0.2, 0) is 6.54 Å². The van der Waals surface area contributed by atoms with Crippen LogP contribution in [-0.4, -0.2) is 29.6 Å². The summed E-state index contributed by atoms with van der Waals surface area (Å²) in [6.45, 7) is 9.67. The van der Waals surface area contributed by atoms with Gasteiger partial charge in [-0.3, -0.25) is 4.90 Å². The first kappa shape index (κ1) is 15.9. The van der Waals surface area contributed by atoms with E-state index in [-0.39, 0.29) is 11.4 Å². The molecule has 1 N–H and O–H groups in total. The Morgan fingerprint density at radius 2 is 2.20 bits per heavy atom. The molecule has 1 heterocycles. The average Bonchev–Trinajstić information content (AvgIpc) is 2.42. The second-order valence-electron chi connectivity index (χ2n) is 6.00. The number of piperazine rings is 1. The van der Waals surface area contributed by atoms with E-state index in [4.69, 9.17) is 0 Å². The summed E-state index contributed by atoms with van der Waals surface area (Å²) in [5.74, 6) is -0.189. The third kappa shape index (κ3) is 3.60. The summed E-state index contributed by atoms with van der Waals surface area (Å²) in [4.78, 5) is 2.53. The highest BCUT2D eigenvalue weighted by atomic mass is 79.9. The van der Waals surface area contributed by atoms with E-state index in [1.807, 2.05) is 6.07 Å². The predicted molar refractivity (Wildman–Crippen MR) is 85.3 cm³/mol. The van der Waals surface area contributed by atoms with E-state index in [9.17, 15) is 4.39 Å². The van der Waals surface area contributed by atoms with Crippen molar-refractivity contribution in [2.24, 2.45) is 0 Å². The Morgan fingerprint density at radius 3 is 2.80 bits per heavy atom. The highest BCUT2D eigenvalue weighted by Crippen LogP contribution is 2.25. The summed E-state index contributed by atoms with van der Waals surface area (Å²) in [7, 11) is 0. The van der Waals surface area contributed by atoms with Gasteiger partial charge in [0.15, 0.2) is 0 Å². The molecule has 0 radical (unpaired) electrons. The number of benzene rings is 1. The fraction of sp³-hybridized carbons (Fsp3) is 0.625.